The molecule has 0 unspecified atom stereocenters. The molecule has 5 heteroatoms. The molecule has 2 aliphatic heterocycles. The summed E-state index contributed by atoms with van der Waals surface area (Å²) in [7, 11) is 1.46. The van der Waals surface area contributed by atoms with Crippen LogP contribution in [0.15, 0.2) is 0 Å². The van der Waals surface area contributed by atoms with Gasteiger partial charge in [-0.15, -0.1) is 0 Å². The average Bonchev–Trinajstić information content (AvgIpc) is 2.52. The fourth-order valence-electron chi connectivity index (χ4n) is 2.45. The second kappa shape index (κ2) is 6.09. The first-order chi connectivity index (χ1) is 7.33. The van der Waals surface area contributed by atoms with Crippen LogP contribution in [0.5, 0.6) is 0 Å². The van der Waals surface area contributed by atoms with Crippen LogP contribution in [0, 0.1) is 0 Å². The predicted molar refractivity (Wildman–Crippen MR) is 57.2 cm³/mol. The Morgan fingerprint density at radius 1 is 1.25 bits per heavy atom. The Hall–Kier alpha value is -0.770. The van der Waals surface area contributed by atoms with E-state index in [1.807, 2.05) is 4.90 Å². The van der Waals surface area contributed by atoms with Gasteiger partial charge in [0.25, 0.3) is 5.84 Å². The highest BCUT2D eigenvalue weighted by atomic mass is 35.5. The Labute approximate surface area is 103 Å². The number of halogens is 1. The van der Waals surface area contributed by atoms with Gasteiger partial charge < -0.3 is 17.1 Å². The second-order valence-electron chi connectivity index (χ2n) is 4.19. The molecule has 2 rings (SSSR count). The molecule has 0 aromatic carbocycles. The number of methoxy groups -OCH3 is 1. The molecule has 0 aromatic heterocycles. The smallest absolute Gasteiger partial charge is 0.506 e. The maximum Gasteiger partial charge on any atom is 0.506 e. The fraction of sp³-hybridized carbons (Fsp3) is 0.818. The Balaban J connectivity index is 0.00000128. The Morgan fingerprint density at radius 3 is 2.75 bits per heavy atom. The number of rotatable bonds is 0. The van der Waals surface area contributed by atoms with E-state index in [2.05, 4.69) is 4.58 Å². The van der Waals surface area contributed by atoms with Gasteiger partial charge in [0.05, 0.1) is 20.2 Å². The van der Waals surface area contributed by atoms with Crippen molar-refractivity contribution in [3.63, 3.8) is 0 Å². The SMILES string of the molecule is COC(=O)N1CCC[N+]2=C1CCCCC2.[Cl-]. The molecule has 16 heavy (non-hydrogen) atoms. The summed E-state index contributed by atoms with van der Waals surface area (Å²) >= 11 is 0. The summed E-state index contributed by atoms with van der Waals surface area (Å²) in [5.74, 6) is 1.19. The zero-order valence-electron chi connectivity index (χ0n) is 9.75. The summed E-state index contributed by atoms with van der Waals surface area (Å²) in [5.41, 5.74) is 0. The van der Waals surface area contributed by atoms with Crippen molar-refractivity contribution in [3.8, 4) is 0 Å². The Kier molecular flexibility index (Phi) is 5.06. The molecule has 0 atom stereocenters. The van der Waals surface area contributed by atoms with Crippen LogP contribution < -0.4 is 12.4 Å². The molecule has 1 amide bonds. The standard InChI is InChI=1S/C11H19N2O2.ClH/c1-15-11(14)13-9-5-8-12-7-4-2-3-6-10(12)13;/h2-9H2,1H3;1H/q+1;/p-1. The third kappa shape index (κ3) is 2.67. The first-order valence-electron chi connectivity index (χ1n) is 5.79. The van der Waals surface area contributed by atoms with Crippen molar-refractivity contribution in [2.75, 3.05) is 26.7 Å². The van der Waals surface area contributed by atoms with Gasteiger partial charge in [-0.05, 0) is 19.3 Å². The van der Waals surface area contributed by atoms with Gasteiger partial charge >= 0.3 is 6.09 Å². The first kappa shape index (κ1) is 13.3. The molecular weight excluding hydrogens is 228 g/mol. The number of amides is 1. The number of nitrogens with zero attached hydrogens (tertiary/aromatic N) is 2. The van der Waals surface area contributed by atoms with Crippen molar-refractivity contribution in [3.05, 3.63) is 0 Å². The molecule has 2 heterocycles. The molecule has 0 radical (unpaired) electrons. The molecule has 0 aliphatic carbocycles. The van der Waals surface area contributed by atoms with Crippen LogP contribution in [-0.2, 0) is 4.74 Å². The third-order valence-electron chi connectivity index (χ3n) is 3.21. The zero-order chi connectivity index (χ0) is 10.7. The lowest BCUT2D eigenvalue weighted by molar-refractivity contribution is -0.538. The van der Waals surface area contributed by atoms with Crippen molar-refractivity contribution in [2.45, 2.75) is 32.1 Å². The summed E-state index contributed by atoms with van der Waals surface area (Å²) in [5, 5.41) is 0. The van der Waals surface area contributed by atoms with Gasteiger partial charge in [-0.3, -0.25) is 4.58 Å². The van der Waals surface area contributed by atoms with Crippen LogP contribution in [0.4, 0.5) is 4.79 Å². The summed E-state index contributed by atoms with van der Waals surface area (Å²) in [6.07, 6.45) is 5.59. The largest absolute Gasteiger partial charge is 1.00 e. The van der Waals surface area contributed by atoms with Crippen molar-refractivity contribution < 1.29 is 26.5 Å². The third-order valence-corrected chi connectivity index (χ3v) is 3.21. The van der Waals surface area contributed by atoms with Crippen LogP contribution in [0.25, 0.3) is 0 Å². The predicted octanol–water partition coefficient (Wildman–Crippen LogP) is -1.55. The second-order valence-corrected chi connectivity index (χ2v) is 4.19. The Morgan fingerprint density at radius 2 is 2.00 bits per heavy atom. The topological polar surface area (TPSA) is 32.5 Å². The van der Waals surface area contributed by atoms with Crippen LogP contribution >= 0.6 is 0 Å². The molecule has 92 valence electrons. The minimum Gasteiger partial charge on any atom is -1.00 e. The van der Waals surface area contributed by atoms with Gasteiger partial charge in [-0.25, -0.2) is 0 Å². The number of ether oxygens (including phenoxy) is 1. The van der Waals surface area contributed by atoms with Crippen LogP contribution in [0.2, 0.25) is 0 Å². The maximum atomic E-state index is 11.6. The normalized spacial score (nSPS) is 20.7. The maximum absolute atomic E-state index is 11.6. The van der Waals surface area contributed by atoms with E-state index < -0.39 is 0 Å². The molecule has 4 nitrogen and oxygen atoms in total. The number of carbonyl (C=O) groups is 1. The minimum atomic E-state index is -0.198. The molecule has 0 saturated carbocycles. The van der Waals surface area contributed by atoms with Gasteiger partial charge in [-0.2, -0.15) is 9.69 Å². The van der Waals surface area contributed by atoms with E-state index in [1.54, 1.807) is 0 Å². The van der Waals surface area contributed by atoms with Gasteiger partial charge in [0.15, 0.2) is 0 Å². The molecule has 0 saturated heterocycles. The molecule has 0 aromatic rings. The van der Waals surface area contributed by atoms with E-state index in [0.29, 0.717) is 0 Å². The quantitative estimate of drug-likeness (QED) is 0.485. The van der Waals surface area contributed by atoms with Crippen LogP contribution in [0.3, 0.4) is 0 Å². The molecule has 0 N–H and O–H groups in total. The van der Waals surface area contributed by atoms with Gasteiger partial charge in [0, 0.05) is 12.8 Å². The highest BCUT2D eigenvalue weighted by Crippen LogP contribution is 2.15. The highest BCUT2D eigenvalue weighted by Gasteiger charge is 2.34. The lowest BCUT2D eigenvalue weighted by Crippen LogP contribution is -3.00. The van der Waals surface area contributed by atoms with E-state index in [-0.39, 0.29) is 18.5 Å². The molecule has 2 aliphatic rings. The van der Waals surface area contributed by atoms with Crippen LogP contribution in [0.1, 0.15) is 32.1 Å². The average molecular weight is 247 g/mol. The number of hydrogen-bond acceptors (Lipinski definition) is 2. The van der Waals surface area contributed by atoms with Crippen LogP contribution in [-0.4, -0.2) is 48.1 Å². The van der Waals surface area contributed by atoms with Crippen molar-refractivity contribution in [2.24, 2.45) is 0 Å². The van der Waals surface area contributed by atoms with Crippen molar-refractivity contribution >= 4 is 11.9 Å². The van der Waals surface area contributed by atoms with E-state index in [4.69, 9.17) is 4.74 Å². The lowest BCUT2D eigenvalue weighted by atomic mass is 10.2. The molecule has 0 bridgehead atoms. The zero-order valence-corrected chi connectivity index (χ0v) is 10.5. The summed E-state index contributed by atoms with van der Waals surface area (Å²) < 4.78 is 7.17. The van der Waals surface area contributed by atoms with Gasteiger partial charge in [0.2, 0.25) is 0 Å². The van der Waals surface area contributed by atoms with Crippen molar-refractivity contribution in [1.82, 2.24) is 4.90 Å². The first-order valence-corrected chi connectivity index (χ1v) is 5.79. The fourth-order valence-corrected chi connectivity index (χ4v) is 2.45. The van der Waals surface area contributed by atoms with Gasteiger partial charge in [-0.1, -0.05) is 0 Å². The Bertz CT molecular complexity index is 292. The molecule has 0 spiro atoms. The van der Waals surface area contributed by atoms with E-state index >= 15 is 0 Å². The number of amidine groups is 1. The minimum absolute atomic E-state index is 0. The highest BCUT2D eigenvalue weighted by molar-refractivity contribution is 5.92. The number of carbonyl (C=O) groups excluding carboxylic acids is 1. The van der Waals surface area contributed by atoms with Gasteiger partial charge in [0.1, 0.15) is 6.54 Å². The number of hydrogen-bond donors (Lipinski definition) is 0. The lowest BCUT2D eigenvalue weighted by Gasteiger charge is -2.23. The van der Waals surface area contributed by atoms with E-state index in [9.17, 15) is 4.79 Å². The molecular formula is C11H19ClN2O2. The molecule has 0 fully saturated rings. The van der Waals surface area contributed by atoms with E-state index in [1.165, 1.54) is 32.2 Å². The van der Waals surface area contributed by atoms with Crippen molar-refractivity contribution in [1.29, 1.82) is 0 Å². The van der Waals surface area contributed by atoms with E-state index in [0.717, 1.165) is 32.5 Å². The summed E-state index contributed by atoms with van der Waals surface area (Å²) in [6.45, 7) is 3.02. The summed E-state index contributed by atoms with van der Waals surface area (Å²) in [4.78, 5) is 13.4. The monoisotopic (exact) mass is 246 g/mol. The summed E-state index contributed by atoms with van der Waals surface area (Å²) in [6, 6.07) is 0.